The predicted octanol–water partition coefficient (Wildman–Crippen LogP) is 4.02. The molecule has 1 aromatic carbocycles. The van der Waals surface area contributed by atoms with Crippen LogP contribution in [0.15, 0.2) is 29.0 Å². The van der Waals surface area contributed by atoms with Crippen molar-refractivity contribution in [3.63, 3.8) is 0 Å². The molecule has 47 heavy (non-hydrogen) atoms. The molecular weight excluding hydrogens is 606 g/mol. The van der Waals surface area contributed by atoms with Crippen LogP contribution in [0.4, 0.5) is 5.69 Å². The Morgan fingerprint density at radius 1 is 0.936 bits per heavy atom. The zero-order valence-corrected chi connectivity index (χ0v) is 28.2. The van der Waals surface area contributed by atoms with E-state index in [0.29, 0.717) is 12.0 Å². The summed E-state index contributed by atoms with van der Waals surface area (Å²) < 4.78 is 0. The third-order valence-corrected chi connectivity index (χ3v) is 9.56. The topological polar surface area (TPSA) is 202 Å². The number of nitrogens with zero attached hydrogens (tertiary/aromatic N) is 2. The Balaban J connectivity index is 0.000000363. The maximum Gasteiger partial charge on any atom is 0.303 e. The van der Waals surface area contributed by atoms with E-state index in [1.807, 2.05) is 19.0 Å². The van der Waals surface area contributed by atoms with Gasteiger partial charge in [-0.1, -0.05) is 58.3 Å². The number of amides is 1. The molecule has 12 heteroatoms. The van der Waals surface area contributed by atoms with Crippen LogP contribution >= 0.6 is 0 Å². The molecule has 12 nitrogen and oxygen atoms in total. The summed E-state index contributed by atoms with van der Waals surface area (Å²) in [6.45, 7) is 2.23. The lowest BCUT2D eigenvalue weighted by molar-refractivity contribution is -0.153. The summed E-state index contributed by atoms with van der Waals surface area (Å²) >= 11 is 0. The van der Waals surface area contributed by atoms with E-state index in [4.69, 9.17) is 10.8 Å². The summed E-state index contributed by atoms with van der Waals surface area (Å²) in [7, 11) is 6.75. The molecule has 0 bridgehead atoms. The van der Waals surface area contributed by atoms with E-state index in [1.54, 1.807) is 20.2 Å². The van der Waals surface area contributed by atoms with Crippen molar-refractivity contribution in [2.24, 2.45) is 17.6 Å². The Morgan fingerprint density at radius 2 is 1.51 bits per heavy atom. The molecule has 7 N–H and O–H groups in total. The van der Waals surface area contributed by atoms with E-state index in [0.717, 1.165) is 18.5 Å². The molecule has 0 spiro atoms. The summed E-state index contributed by atoms with van der Waals surface area (Å²) in [6, 6.07) is 2.01. The van der Waals surface area contributed by atoms with E-state index < -0.39 is 64.0 Å². The van der Waals surface area contributed by atoms with Crippen LogP contribution in [0.2, 0.25) is 0 Å². The molecule has 0 unspecified atom stereocenters. The third-order valence-electron chi connectivity index (χ3n) is 9.56. The summed E-state index contributed by atoms with van der Waals surface area (Å²) in [6.07, 6.45) is 11.8. The van der Waals surface area contributed by atoms with Crippen molar-refractivity contribution in [3.8, 4) is 5.75 Å². The first kappa shape index (κ1) is 37.6. The number of fused-ring (bicyclic) bond motifs is 3. The lowest BCUT2D eigenvalue weighted by atomic mass is 9.57. The number of hydrogen-bond donors (Lipinski definition) is 6. The molecule has 3 aliphatic rings. The molecule has 0 heterocycles. The van der Waals surface area contributed by atoms with E-state index >= 15 is 0 Å². The fourth-order valence-electron chi connectivity index (χ4n) is 7.23. The van der Waals surface area contributed by atoms with Crippen molar-refractivity contribution in [2.45, 2.75) is 95.6 Å². The van der Waals surface area contributed by atoms with Gasteiger partial charge in [-0.3, -0.25) is 24.1 Å². The Kier molecular flexibility index (Phi) is 12.6. The number of carbonyl (C=O) groups excluding carboxylic acids is 3. The SMILES string of the molecule is CCCCCCCCCCCC(=O)O.CN(C)c1ccc(O)c2c1C[C@H]1C[C@H]3[C@H](N(C)C)C(=O)C(C(N)=O)=C(O)[C@@]3(O)C(=O)C1=C2O. The van der Waals surface area contributed by atoms with Gasteiger partial charge in [0.05, 0.1) is 11.6 Å². The summed E-state index contributed by atoms with van der Waals surface area (Å²) in [5, 5.41) is 52.3. The highest BCUT2D eigenvalue weighted by molar-refractivity contribution is 6.24. The minimum atomic E-state index is -2.63. The van der Waals surface area contributed by atoms with Gasteiger partial charge in [0.1, 0.15) is 22.8 Å². The molecule has 4 rings (SSSR count). The lowest BCUT2D eigenvalue weighted by Crippen LogP contribution is -2.65. The van der Waals surface area contributed by atoms with Crippen molar-refractivity contribution < 1.29 is 44.7 Å². The first-order valence-electron chi connectivity index (χ1n) is 16.5. The van der Waals surface area contributed by atoms with Crippen LogP contribution in [-0.4, -0.2) is 93.7 Å². The quantitative estimate of drug-likeness (QED) is 0.132. The van der Waals surface area contributed by atoms with Crippen molar-refractivity contribution in [2.75, 3.05) is 33.1 Å². The molecule has 260 valence electrons. The van der Waals surface area contributed by atoms with E-state index in [2.05, 4.69) is 6.92 Å². The van der Waals surface area contributed by atoms with Crippen molar-refractivity contribution >= 4 is 34.9 Å². The number of phenolic OH excluding ortho intramolecular Hbond substituents is 1. The molecule has 4 atom stereocenters. The van der Waals surface area contributed by atoms with Crippen LogP contribution in [0.25, 0.3) is 5.76 Å². The maximum absolute atomic E-state index is 13.7. The second-order valence-electron chi connectivity index (χ2n) is 13.3. The average molecular weight is 658 g/mol. The Labute approximate surface area is 276 Å². The van der Waals surface area contributed by atoms with Crippen molar-refractivity contribution in [3.05, 3.63) is 40.2 Å². The zero-order chi connectivity index (χ0) is 35.2. The van der Waals surface area contributed by atoms with Crippen LogP contribution in [-0.2, 0) is 25.6 Å². The molecule has 0 radical (unpaired) electrons. The molecule has 1 amide bonds. The van der Waals surface area contributed by atoms with Crippen LogP contribution < -0.4 is 10.6 Å². The number of carboxylic acids is 1. The lowest BCUT2D eigenvalue weighted by Gasteiger charge is -2.50. The number of carbonyl (C=O) groups is 4. The number of benzene rings is 1. The first-order valence-corrected chi connectivity index (χ1v) is 16.5. The smallest absolute Gasteiger partial charge is 0.303 e. The number of ketones is 2. The monoisotopic (exact) mass is 657 g/mol. The molecule has 1 fully saturated rings. The number of aliphatic carboxylic acids is 1. The predicted molar refractivity (Wildman–Crippen MR) is 178 cm³/mol. The van der Waals surface area contributed by atoms with Gasteiger partial charge >= 0.3 is 5.97 Å². The fourth-order valence-corrected chi connectivity index (χ4v) is 7.23. The summed E-state index contributed by atoms with van der Waals surface area (Å²) in [5.74, 6) is -7.20. The van der Waals surface area contributed by atoms with Gasteiger partial charge in [0.25, 0.3) is 5.91 Å². The number of aromatic hydroxyl groups is 1. The number of aliphatic hydroxyl groups excluding tert-OH is 2. The normalized spacial score (nSPS) is 23.5. The van der Waals surface area contributed by atoms with Crippen LogP contribution in [0, 0.1) is 11.8 Å². The van der Waals surface area contributed by atoms with Gasteiger partial charge in [0.15, 0.2) is 11.4 Å². The number of carboxylic acid groups (broad SMARTS) is 1. The van der Waals surface area contributed by atoms with Gasteiger partial charge in [-0.05, 0) is 57.0 Å². The standard InChI is InChI=1S/C23H27N3O7.C12H24O2/c1-25(2)12-5-6-13(27)15-10(12)7-9-8-11-17(26(3)4)19(29)16(22(24)32)21(31)23(11,33)20(30)14(9)18(15)28;1-2-3-4-5-6-7-8-9-10-11-12(13)14/h5-6,9,11,17,27-28,31,33H,7-8H2,1-4H3,(H2,24,32);2-11H2,1H3,(H,13,14)/t9-,11-,17-,23-;/m0./s1. The molecule has 0 aromatic heterocycles. The third kappa shape index (κ3) is 7.65. The average Bonchev–Trinajstić information content (AvgIpc) is 2.98. The summed E-state index contributed by atoms with van der Waals surface area (Å²) in [5.41, 5.74) is 3.15. The number of primary amides is 1. The molecule has 0 saturated heterocycles. The molecular formula is C35H51N3O9. The highest BCUT2D eigenvalue weighted by atomic mass is 16.4. The number of rotatable bonds is 13. The zero-order valence-electron chi connectivity index (χ0n) is 28.2. The van der Waals surface area contributed by atoms with Crippen molar-refractivity contribution in [1.82, 2.24) is 4.90 Å². The number of anilines is 1. The van der Waals surface area contributed by atoms with E-state index in [9.17, 15) is 39.6 Å². The largest absolute Gasteiger partial charge is 0.508 e. The van der Waals surface area contributed by atoms with Crippen LogP contribution in [0.1, 0.15) is 88.7 Å². The van der Waals surface area contributed by atoms with E-state index in [1.165, 1.54) is 55.9 Å². The molecule has 0 aliphatic heterocycles. The minimum absolute atomic E-state index is 0.0638. The number of hydrogen-bond acceptors (Lipinski definition) is 10. The number of aliphatic hydroxyl groups is 3. The molecule has 3 aliphatic carbocycles. The Morgan fingerprint density at radius 3 is 2.02 bits per heavy atom. The van der Waals surface area contributed by atoms with Crippen LogP contribution in [0.3, 0.4) is 0 Å². The van der Waals surface area contributed by atoms with Gasteiger partial charge in [-0.2, -0.15) is 0 Å². The maximum atomic E-state index is 13.7. The number of phenols is 1. The van der Waals surface area contributed by atoms with Gasteiger partial charge in [0, 0.05) is 37.7 Å². The van der Waals surface area contributed by atoms with Gasteiger partial charge in [0.2, 0.25) is 5.78 Å². The van der Waals surface area contributed by atoms with E-state index in [-0.39, 0.29) is 29.7 Å². The minimum Gasteiger partial charge on any atom is -0.508 e. The number of nitrogens with two attached hydrogens (primary N) is 1. The number of unbranched alkanes of at least 4 members (excludes halogenated alkanes) is 8. The second-order valence-corrected chi connectivity index (χ2v) is 13.3. The second kappa shape index (κ2) is 15.8. The van der Waals surface area contributed by atoms with Gasteiger partial charge in [-0.25, -0.2) is 0 Å². The molecule has 1 saturated carbocycles. The van der Waals surface area contributed by atoms with Gasteiger partial charge < -0.3 is 36.2 Å². The highest BCUT2D eigenvalue weighted by Crippen LogP contribution is 2.53. The number of Topliss-reactive ketones (excluding diaryl/α,β-unsaturated/α-hetero) is 2. The first-order chi connectivity index (χ1) is 22.1. The Hall–Kier alpha value is -3.90. The van der Waals surface area contributed by atoms with Gasteiger partial charge in [-0.15, -0.1) is 0 Å². The number of likely N-dealkylation sites (N-methyl/N-ethyl adjacent to an activating group) is 1. The summed E-state index contributed by atoms with van der Waals surface area (Å²) in [4.78, 5) is 52.2. The fraction of sp³-hybridized carbons (Fsp3) is 0.600. The van der Waals surface area contributed by atoms with Crippen molar-refractivity contribution in [1.29, 1.82) is 0 Å². The highest BCUT2D eigenvalue weighted by Gasteiger charge is 2.64. The Bertz CT molecular complexity index is 1430. The van der Waals surface area contributed by atoms with Crippen LogP contribution in [0.5, 0.6) is 5.75 Å². The molecule has 1 aromatic rings.